The van der Waals surface area contributed by atoms with E-state index < -0.39 is 0 Å². The number of hydrogen-bond acceptors (Lipinski definition) is 2. The van der Waals surface area contributed by atoms with Gasteiger partial charge in [-0.3, -0.25) is 0 Å². The molecule has 2 N–H and O–H groups in total. The van der Waals surface area contributed by atoms with Crippen molar-refractivity contribution in [3.05, 3.63) is 35.1 Å². The molecule has 1 saturated heterocycles. The van der Waals surface area contributed by atoms with Crippen molar-refractivity contribution in [2.45, 2.75) is 13.0 Å². The summed E-state index contributed by atoms with van der Waals surface area (Å²) in [4.78, 5) is 0. The van der Waals surface area contributed by atoms with Gasteiger partial charge in [0.25, 0.3) is 0 Å². The van der Waals surface area contributed by atoms with Gasteiger partial charge in [0.15, 0.2) is 0 Å². The third-order valence-corrected chi connectivity index (χ3v) is 3.14. The molecule has 0 saturated carbocycles. The number of hydrogen-bond donors (Lipinski definition) is 2. The van der Waals surface area contributed by atoms with Crippen LogP contribution in [0, 0.1) is 18.7 Å². The number of rotatable bonds is 3. The van der Waals surface area contributed by atoms with E-state index in [1.807, 2.05) is 26.1 Å². The van der Waals surface area contributed by atoms with Crippen LogP contribution in [0.2, 0.25) is 0 Å². The van der Waals surface area contributed by atoms with Gasteiger partial charge in [0, 0.05) is 25.0 Å². The molecule has 2 nitrogen and oxygen atoms in total. The fourth-order valence-electron chi connectivity index (χ4n) is 2.08. The van der Waals surface area contributed by atoms with Gasteiger partial charge in [0.05, 0.1) is 0 Å². The van der Waals surface area contributed by atoms with Gasteiger partial charge in [-0.2, -0.15) is 0 Å². The highest BCUT2D eigenvalue weighted by Crippen LogP contribution is 2.25. The van der Waals surface area contributed by atoms with Crippen LogP contribution >= 0.6 is 0 Å². The minimum atomic E-state index is -0.125. The molecule has 1 atom stereocenters. The zero-order chi connectivity index (χ0) is 10.8. The van der Waals surface area contributed by atoms with Crippen molar-refractivity contribution in [1.29, 1.82) is 0 Å². The number of aryl methyl sites for hydroxylation is 1. The van der Waals surface area contributed by atoms with Gasteiger partial charge in [0.2, 0.25) is 0 Å². The molecule has 0 aromatic heterocycles. The Morgan fingerprint density at radius 2 is 2.20 bits per heavy atom. The van der Waals surface area contributed by atoms with Crippen LogP contribution in [0.5, 0.6) is 0 Å². The lowest BCUT2D eigenvalue weighted by atomic mass is 9.88. The van der Waals surface area contributed by atoms with E-state index in [-0.39, 0.29) is 5.82 Å². The number of benzene rings is 1. The van der Waals surface area contributed by atoms with Gasteiger partial charge in [0.1, 0.15) is 5.82 Å². The highest BCUT2D eigenvalue weighted by atomic mass is 19.1. The zero-order valence-corrected chi connectivity index (χ0v) is 9.18. The lowest BCUT2D eigenvalue weighted by Crippen LogP contribution is -2.48. The highest BCUT2D eigenvalue weighted by Gasteiger charge is 2.27. The van der Waals surface area contributed by atoms with Gasteiger partial charge in [-0.1, -0.05) is 12.1 Å². The fourth-order valence-corrected chi connectivity index (χ4v) is 2.08. The first kappa shape index (κ1) is 10.6. The first-order chi connectivity index (χ1) is 7.22. The van der Waals surface area contributed by atoms with Crippen molar-refractivity contribution in [2.75, 3.05) is 20.1 Å². The van der Waals surface area contributed by atoms with E-state index in [0.717, 1.165) is 18.7 Å². The van der Waals surface area contributed by atoms with E-state index >= 15 is 0 Å². The second-order valence-corrected chi connectivity index (χ2v) is 4.19. The smallest absolute Gasteiger partial charge is 0.126 e. The maximum absolute atomic E-state index is 13.1. The minimum absolute atomic E-state index is 0.125. The van der Waals surface area contributed by atoms with E-state index in [0.29, 0.717) is 12.0 Å². The Balaban J connectivity index is 2.21. The van der Waals surface area contributed by atoms with Crippen molar-refractivity contribution in [2.24, 2.45) is 5.92 Å². The molecule has 15 heavy (non-hydrogen) atoms. The maximum Gasteiger partial charge on any atom is 0.126 e. The molecule has 0 radical (unpaired) electrons. The quantitative estimate of drug-likeness (QED) is 0.788. The molecule has 1 aliphatic heterocycles. The van der Waals surface area contributed by atoms with E-state index in [9.17, 15) is 4.39 Å². The van der Waals surface area contributed by atoms with Crippen LogP contribution in [0.4, 0.5) is 4.39 Å². The Morgan fingerprint density at radius 3 is 2.67 bits per heavy atom. The first-order valence-corrected chi connectivity index (χ1v) is 5.36. The molecule has 82 valence electrons. The molecule has 1 aromatic carbocycles. The van der Waals surface area contributed by atoms with Crippen molar-refractivity contribution in [3.63, 3.8) is 0 Å². The van der Waals surface area contributed by atoms with Crippen molar-refractivity contribution in [3.8, 4) is 0 Å². The lowest BCUT2D eigenvalue weighted by Gasteiger charge is -2.35. The third kappa shape index (κ3) is 2.03. The van der Waals surface area contributed by atoms with E-state index in [1.54, 1.807) is 6.07 Å². The van der Waals surface area contributed by atoms with Crippen LogP contribution in [0.3, 0.4) is 0 Å². The Labute approximate surface area is 89.9 Å². The average molecular weight is 208 g/mol. The van der Waals surface area contributed by atoms with Gasteiger partial charge >= 0.3 is 0 Å². The van der Waals surface area contributed by atoms with Gasteiger partial charge < -0.3 is 10.6 Å². The standard InChI is InChI=1S/C12H17FN2/c1-8-5-9(3-4-11(8)13)12(14-2)10-6-15-7-10/h3-5,10,12,14-15H,6-7H2,1-2H3. The summed E-state index contributed by atoms with van der Waals surface area (Å²) in [5.74, 6) is 0.500. The molecule has 1 fully saturated rings. The van der Waals surface area contributed by atoms with Crippen LogP contribution in [0.25, 0.3) is 0 Å². The molecule has 0 aliphatic carbocycles. The maximum atomic E-state index is 13.1. The highest BCUT2D eigenvalue weighted by molar-refractivity contribution is 5.27. The normalized spacial score (nSPS) is 18.6. The van der Waals surface area contributed by atoms with Gasteiger partial charge in [-0.15, -0.1) is 0 Å². The largest absolute Gasteiger partial charge is 0.316 e. The van der Waals surface area contributed by atoms with Gasteiger partial charge in [-0.25, -0.2) is 4.39 Å². The molecule has 1 aliphatic rings. The Bertz CT molecular complexity index is 347. The second-order valence-electron chi connectivity index (χ2n) is 4.19. The molecule has 3 heteroatoms. The molecular formula is C12H17FN2. The summed E-state index contributed by atoms with van der Waals surface area (Å²) >= 11 is 0. The van der Waals surface area contributed by atoms with Crippen LogP contribution in [-0.4, -0.2) is 20.1 Å². The van der Waals surface area contributed by atoms with Crippen molar-refractivity contribution >= 4 is 0 Å². The molecule has 0 bridgehead atoms. The summed E-state index contributed by atoms with van der Waals surface area (Å²) in [6.07, 6.45) is 0. The zero-order valence-electron chi connectivity index (χ0n) is 9.18. The first-order valence-electron chi connectivity index (χ1n) is 5.36. The predicted molar refractivity (Wildman–Crippen MR) is 59.3 cm³/mol. The Hall–Kier alpha value is -0.930. The van der Waals surface area contributed by atoms with Crippen LogP contribution in [0.1, 0.15) is 17.2 Å². The fraction of sp³-hybridized carbons (Fsp3) is 0.500. The Morgan fingerprint density at radius 1 is 1.47 bits per heavy atom. The van der Waals surface area contributed by atoms with Crippen molar-refractivity contribution in [1.82, 2.24) is 10.6 Å². The molecule has 1 heterocycles. The molecule has 0 spiro atoms. The number of halogens is 1. The topological polar surface area (TPSA) is 24.1 Å². The van der Waals surface area contributed by atoms with Crippen LogP contribution < -0.4 is 10.6 Å². The molecule has 0 amide bonds. The molecule has 1 unspecified atom stereocenters. The molecule has 1 aromatic rings. The van der Waals surface area contributed by atoms with Crippen molar-refractivity contribution < 1.29 is 4.39 Å². The summed E-state index contributed by atoms with van der Waals surface area (Å²) in [5, 5.41) is 6.56. The summed E-state index contributed by atoms with van der Waals surface area (Å²) in [6, 6.07) is 5.71. The summed E-state index contributed by atoms with van der Waals surface area (Å²) in [5.41, 5.74) is 1.91. The van der Waals surface area contributed by atoms with E-state index in [2.05, 4.69) is 10.6 Å². The predicted octanol–water partition coefficient (Wildman–Crippen LogP) is 1.61. The monoisotopic (exact) mass is 208 g/mol. The molecule has 2 rings (SSSR count). The third-order valence-electron chi connectivity index (χ3n) is 3.14. The van der Waals surface area contributed by atoms with Crippen LogP contribution in [0.15, 0.2) is 18.2 Å². The molecular weight excluding hydrogens is 191 g/mol. The summed E-state index contributed by atoms with van der Waals surface area (Å²) < 4.78 is 13.1. The van der Waals surface area contributed by atoms with E-state index in [4.69, 9.17) is 0 Å². The lowest BCUT2D eigenvalue weighted by molar-refractivity contribution is 0.268. The Kier molecular flexibility index (Phi) is 3.03. The summed E-state index contributed by atoms with van der Waals surface area (Å²) in [7, 11) is 1.96. The average Bonchev–Trinajstić information content (AvgIpc) is 2.16. The van der Waals surface area contributed by atoms with E-state index in [1.165, 1.54) is 5.56 Å². The minimum Gasteiger partial charge on any atom is -0.316 e. The second kappa shape index (κ2) is 4.29. The SMILES string of the molecule is CNC(c1ccc(F)c(C)c1)C1CNC1. The summed E-state index contributed by atoms with van der Waals surface area (Å²) in [6.45, 7) is 3.90. The van der Waals surface area contributed by atoms with Gasteiger partial charge in [-0.05, 0) is 31.2 Å². The van der Waals surface area contributed by atoms with Crippen LogP contribution in [-0.2, 0) is 0 Å². The number of nitrogens with one attached hydrogen (secondary N) is 2.